The van der Waals surface area contributed by atoms with Crippen molar-refractivity contribution in [3.05, 3.63) is 11.6 Å². The number of carbonyl (C=O) groups is 2. The Bertz CT molecular complexity index is 418. The molecule has 0 aromatic heterocycles. The quantitative estimate of drug-likeness (QED) is 0.0828. The van der Waals surface area contributed by atoms with E-state index >= 15 is 0 Å². The van der Waals surface area contributed by atoms with Gasteiger partial charge in [-0.15, -0.1) is 0 Å². The van der Waals surface area contributed by atoms with E-state index in [0.29, 0.717) is 6.42 Å². The van der Waals surface area contributed by atoms with E-state index in [0.717, 1.165) is 12.8 Å². The van der Waals surface area contributed by atoms with E-state index in [2.05, 4.69) is 6.92 Å². The van der Waals surface area contributed by atoms with E-state index in [1.807, 2.05) is 0 Å². The molecule has 0 aliphatic rings. The van der Waals surface area contributed by atoms with Crippen LogP contribution in [0.15, 0.2) is 11.6 Å². The molecule has 0 aliphatic heterocycles. The summed E-state index contributed by atoms with van der Waals surface area (Å²) < 4.78 is 4.84. The maximum Gasteiger partial charge on any atom is 0.343 e. The van der Waals surface area contributed by atoms with E-state index in [1.54, 1.807) is 13.0 Å². The summed E-state index contributed by atoms with van der Waals surface area (Å²) in [6.45, 7) is 4.24. The second kappa shape index (κ2) is 20.4. The Hall–Kier alpha value is -1.32. The number of nitrogens with two attached hydrogens (primary N) is 1. The van der Waals surface area contributed by atoms with Gasteiger partial charge >= 0.3 is 5.97 Å². The lowest BCUT2D eigenvalue weighted by atomic mass is 10.0. The first-order valence-corrected chi connectivity index (χ1v) is 11.8. The van der Waals surface area contributed by atoms with Crippen LogP contribution in [0.25, 0.3) is 0 Å². The molecule has 0 aliphatic carbocycles. The molecule has 0 fully saturated rings. The lowest BCUT2D eigenvalue weighted by molar-refractivity contribution is -0.139. The Morgan fingerprint density at radius 2 is 1.07 bits per heavy atom. The van der Waals surface area contributed by atoms with Crippen LogP contribution in [0.3, 0.4) is 0 Å². The van der Waals surface area contributed by atoms with Crippen molar-refractivity contribution in [3.63, 3.8) is 0 Å². The molecule has 0 heterocycles. The Morgan fingerprint density at radius 3 is 1.43 bits per heavy atom. The summed E-state index contributed by atoms with van der Waals surface area (Å²) in [7, 11) is 0. The van der Waals surface area contributed by atoms with E-state index < -0.39 is 11.9 Å². The van der Waals surface area contributed by atoms with Crippen molar-refractivity contribution in [2.75, 3.05) is 6.61 Å². The number of unbranched alkanes of at least 4 members (excludes halogenated alkanes) is 16. The third-order valence-corrected chi connectivity index (χ3v) is 5.17. The van der Waals surface area contributed by atoms with Crippen LogP contribution in [-0.4, -0.2) is 18.5 Å². The van der Waals surface area contributed by atoms with Crippen LogP contribution >= 0.6 is 0 Å². The predicted octanol–water partition coefficient (Wildman–Crippen LogP) is 6.61. The summed E-state index contributed by atoms with van der Waals surface area (Å²) in [5, 5.41) is 0. The van der Waals surface area contributed by atoms with Crippen molar-refractivity contribution in [2.45, 2.75) is 123 Å². The molecule has 0 unspecified atom stereocenters. The molecule has 4 nitrogen and oxygen atoms in total. The number of primary amides is 1. The van der Waals surface area contributed by atoms with Gasteiger partial charge < -0.3 is 10.5 Å². The summed E-state index contributed by atoms with van der Waals surface area (Å²) in [4.78, 5) is 22.9. The lowest BCUT2D eigenvalue weighted by Gasteiger charge is -2.04. The molecular weight excluding hydrogens is 350 g/mol. The Kier molecular flexibility index (Phi) is 19.5. The number of hydrogen-bond acceptors (Lipinski definition) is 3. The number of esters is 1. The van der Waals surface area contributed by atoms with Gasteiger partial charge in [-0.1, -0.05) is 109 Å². The summed E-state index contributed by atoms with van der Waals surface area (Å²) in [6.07, 6.45) is 23.6. The summed E-state index contributed by atoms with van der Waals surface area (Å²) in [5.41, 5.74) is 5.22. The first-order chi connectivity index (χ1) is 13.6. The maximum absolute atomic E-state index is 11.6. The van der Waals surface area contributed by atoms with Crippen molar-refractivity contribution in [3.8, 4) is 0 Å². The fourth-order valence-electron chi connectivity index (χ4n) is 3.43. The largest absolute Gasteiger partial charge is 0.462 e. The van der Waals surface area contributed by atoms with Crippen LogP contribution in [0.4, 0.5) is 0 Å². The molecule has 0 aromatic carbocycles. The van der Waals surface area contributed by atoms with Gasteiger partial charge in [-0.2, -0.15) is 0 Å². The molecule has 0 aromatic rings. The third kappa shape index (κ3) is 16.8. The van der Waals surface area contributed by atoms with Crippen molar-refractivity contribution in [2.24, 2.45) is 5.73 Å². The minimum Gasteiger partial charge on any atom is -0.462 e. The first-order valence-electron chi connectivity index (χ1n) is 11.8. The predicted molar refractivity (Wildman–Crippen MR) is 118 cm³/mol. The van der Waals surface area contributed by atoms with Gasteiger partial charge in [-0.25, -0.2) is 4.79 Å². The van der Waals surface area contributed by atoms with Gasteiger partial charge in [0.1, 0.15) is 5.57 Å². The second-order valence-corrected chi connectivity index (χ2v) is 7.79. The standard InChI is InChI=1S/C24H45NO3/c1-3-5-6-7-8-9-10-11-12-13-14-15-16-17-18-19-20-21-22(23(25)26)24(27)28-4-2/h21H,3-20H2,1-2H3,(H2,25,26)/b22-21+. The lowest BCUT2D eigenvalue weighted by Crippen LogP contribution is -2.22. The van der Waals surface area contributed by atoms with Crippen LogP contribution in [0.1, 0.15) is 123 Å². The van der Waals surface area contributed by atoms with Gasteiger partial charge in [-0.05, 0) is 19.8 Å². The highest BCUT2D eigenvalue weighted by atomic mass is 16.5. The average Bonchev–Trinajstić information content (AvgIpc) is 2.67. The van der Waals surface area contributed by atoms with Crippen molar-refractivity contribution < 1.29 is 14.3 Å². The van der Waals surface area contributed by atoms with Crippen LogP contribution in [0.2, 0.25) is 0 Å². The molecule has 2 N–H and O–H groups in total. The van der Waals surface area contributed by atoms with E-state index in [9.17, 15) is 9.59 Å². The molecule has 0 spiro atoms. The molecule has 0 saturated heterocycles. The molecule has 164 valence electrons. The molecule has 0 saturated carbocycles. The number of amides is 1. The SMILES string of the molecule is CCCCCCCCCCCCCCCCCC/C=C(\C(N)=O)C(=O)OCC. The first kappa shape index (κ1) is 26.7. The highest BCUT2D eigenvalue weighted by molar-refractivity contribution is 6.15. The zero-order valence-corrected chi connectivity index (χ0v) is 18.6. The fourth-order valence-corrected chi connectivity index (χ4v) is 3.43. The fraction of sp³-hybridized carbons (Fsp3) is 0.833. The van der Waals surface area contributed by atoms with Crippen molar-refractivity contribution in [1.29, 1.82) is 0 Å². The van der Waals surface area contributed by atoms with Gasteiger partial charge in [0.2, 0.25) is 0 Å². The van der Waals surface area contributed by atoms with Crippen LogP contribution < -0.4 is 5.73 Å². The Labute approximate surface area is 173 Å². The zero-order chi connectivity index (χ0) is 20.9. The molecule has 28 heavy (non-hydrogen) atoms. The number of allylic oxidation sites excluding steroid dienone is 1. The van der Waals surface area contributed by atoms with E-state index in [1.165, 1.54) is 89.9 Å². The molecule has 4 heteroatoms. The summed E-state index contributed by atoms with van der Waals surface area (Å²) in [6, 6.07) is 0. The second-order valence-electron chi connectivity index (χ2n) is 7.79. The van der Waals surface area contributed by atoms with E-state index in [4.69, 9.17) is 10.5 Å². The number of hydrogen-bond donors (Lipinski definition) is 1. The molecule has 0 atom stereocenters. The van der Waals surface area contributed by atoms with Crippen molar-refractivity contribution in [1.82, 2.24) is 0 Å². The third-order valence-electron chi connectivity index (χ3n) is 5.17. The molecule has 0 rings (SSSR count). The smallest absolute Gasteiger partial charge is 0.343 e. The Balaban J connectivity index is 3.42. The summed E-state index contributed by atoms with van der Waals surface area (Å²) >= 11 is 0. The highest BCUT2D eigenvalue weighted by Crippen LogP contribution is 2.14. The maximum atomic E-state index is 11.6. The van der Waals surface area contributed by atoms with Gasteiger partial charge in [0.05, 0.1) is 6.61 Å². The molecule has 0 radical (unpaired) electrons. The minimum atomic E-state index is -0.699. The van der Waals surface area contributed by atoms with Gasteiger partial charge in [0, 0.05) is 0 Å². The topological polar surface area (TPSA) is 69.4 Å². The summed E-state index contributed by atoms with van der Waals surface area (Å²) in [5.74, 6) is -1.30. The Morgan fingerprint density at radius 1 is 0.679 bits per heavy atom. The van der Waals surface area contributed by atoms with Crippen LogP contribution in [0, 0.1) is 0 Å². The minimum absolute atomic E-state index is 0.0113. The van der Waals surface area contributed by atoms with Gasteiger partial charge in [0.15, 0.2) is 0 Å². The molecule has 1 amide bonds. The monoisotopic (exact) mass is 395 g/mol. The van der Waals surface area contributed by atoms with Gasteiger partial charge in [0.25, 0.3) is 5.91 Å². The van der Waals surface area contributed by atoms with Crippen LogP contribution in [0.5, 0.6) is 0 Å². The van der Waals surface area contributed by atoms with Crippen LogP contribution in [-0.2, 0) is 14.3 Å². The number of ether oxygens (including phenoxy) is 1. The van der Waals surface area contributed by atoms with Gasteiger partial charge in [-0.3, -0.25) is 4.79 Å². The normalized spacial score (nSPS) is 11.6. The number of rotatable bonds is 20. The number of carbonyl (C=O) groups excluding carboxylic acids is 2. The van der Waals surface area contributed by atoms with Crippen molar-refractivity contribution >= 4 is 11.9 Å². The zero-order valence-electron chi connectivity index (χ0n) is 18.6. The van der Waals surface area contributed by atoms with E-state index in [-0.39, 0.29) is 12.2 Å². The average molecular weight is 396 g/mol. The molecule has 0 bridgehead atoms. The molecular formula is C24H45NO3. The highest BCUT2D eigenvalue weighted by Gasteiger charge is 2.15.